The number of H-pyrrole nitrogens is 1. The maximum Gasteiger partial charge on any atom is 0.311 e. The van der Waals surface area contributed by atoms with Gasteiger partial charge in [-0.3, -0.25) is 4.79 Å². The van der Waals surface area contributed by atoms with Gasteiger partial charge in [-0.25, -0.2) is 0 Å². The van der Waals surface area contributed by atoms with Gasteiger partial charge in [-0.15, -0.1) is 0 Å². The molecule has 0 unspecified atom stereocenters. The van der Waals surface area contributed by atoms with Crippen molar-refractivity contribution >= 4 is 44.4 Å². The van der Waals surface area contributed by atoms with Crippen LogP contribution in [0, 0.1) is 0 Å². The molecule has 0 aliphatic carbocycles. The van der Waals surface area contributed by atoms with E-state index in [0.717, 1.165) is 28.2 Å². The highest BCUT2D eigenvalue weighted by atomic mass is 79.9. The number of unbranched alkanes of at least 4 members (excludes halogenated alkanes) is 4. The highest BCUT2D eigenvalue weighted by molar-refractivity contribution is 9.10. The summed E-state index contributed by atoms with van der Waals surface area (Å²) in [6.07, 6.45) is 7.74. The van der Waals surface area contributed by atoms with Gasteiger partial charge in [0.15, 0.2) is 5.75 Å². The lowest BCUT2D eigenvalue weighted by Gasteiger charge is -2.04. The van der Waals surface area contributed by atoms with Crippen LogP contribution >= 0.6 is 27.5 Å². The second kappa shape index (κ2) is 7.85. The summed E-state index contributed by atoms with van der Waals surface area (Å²) < 4.78 is 6.22. The molecular formula is C16H19BrClNO2. The summed E-state index contributed by atoms with van der Waals surface area (Å²) in [6, 6.07) is 3.67. The van der Waals surface area contributed by atoms with E-state index in [9.17, 15) is 4.79 Å². The molecule has 0 fully saturated rings. The van der Waals surface area contributed by atoms with Gasteiger partial charge in [-0.1, -0.05) is 44.2 Å². The quantitative estimate of drug-likeness (QED) is 0.489. The highest BCUT2D eigenvalue weighted by Gasteiger charge is 2.11. The van der Waals surface area contributed by atoms with Crippen LogP contribution in [0.2, 0.25) is 5.02 Å². The Morgan fingerprint density at radius 1 is 1.29 bits per heavy atom. The molecule has 1 heterocycles. The van der Waals surface area contributed by atoms with Crippen LogP contribution in [-0.4, -0.2) is 11.0 Å². The zero-order valence-electron chi connectivity index (χ0n) is 12.0. The number of rotatable bonds is 7. The van der Waals surface area contributed by atoms with Crippen LogP contribution in [0.15, 0.2) is 22.8 Å². The molecule has 0 atom stereocenters. The summed E-state index contributed by atoms with van der Waals surface area (Å²) in [5, 5.41) is 1.48. The van der Waals surface area contributed by atoms with Crippen LogP contribution in [-0.2, 0) is 4.79 Å². The van der Waals surface area contributed by atoms with Crippen LogP contribution in [0.1, 0.15) is 45.4 Å². The van der Waals surface area contributed by atoms with Gasteiger partial charge in [0.05, 0.1) is 10.5 Å². The minimum absolute atomic E-state index is 0.182. The predicted molar refractivity (Wildman–Crippen MR) is 90.0 cm³/mol. The molecule has 21 heavy (non-hydrogen) atoms. The summed E-state index contributed by atoms with van der Waals surface area (Å²) >= 11 is 9.42. The molecule has 0 aliphatic rings. The lowest BCUT2D eigenvalue weighted by molar-refractivity contribution is -0.134. The number of esters is 1. The fourth-order valence-corrected chi connectivity index (χ4v) is 2.73. The molecule has 0 aliphatic heterocycles. The molecule has 0 spiro atoms. The number of benzene rings is 1. The van der Waals surface area contributed by atoms with E-state index >= 15 is 0 Å². The molecule has 0 amide bonds. The van der Waals surface area contributed by atoms with Gasteiger partial charge in [0.2, 0.25) is 0 Å². The van der Waals surface area contributed by atoms with Crippen molar-refractivity contribution in [3.63, 3.8) is 0 Å². The molecule has 0 bridgehead atoms. The van der Waals surface area contributed by atoms with Gasteiger partial charge in [-0.2, -0.15) is 0 Å². The van der Waals surface area contributed by atoms with Gasteiger partial charge < -0.3 is 9.72 Å². The van der Waals surface area contributed by atoms with Crippen molar-refractivity contribution in [2.75, 3.05) is 0 Å². The van der Waals surface area contributed by atoms with E-state index in [2.05, 4.69) is 27.8 Å². The van der Waals surface area contributed by atoms with Crippen molar-refractivity contribution in [3.8, 4) is 5.75 Å². The topological polar surface area (TPSA) is 42.1 Å². The van der Waals surface area contributed by atoms with Gasteiger partial charge in [0.25, 0.3) is 0 Å². The van der Waals surface area contributed by atoms with Crippen LogP contribution in [0.5, 0.6) is 5.75 Å². The Hall–Kier alpha value is -1.000. The van der Waals surface area contributed by atoms with Crippen LogP contribution in [0.3, 0.4) is 0 Å². The molecule has 0 saturated carbocycles. The highest BCUT2D eigenvalue weighted by Crippen LogP contribution is 2.33. The maximum absolute atomic E-state index is 11.9. The van der Waals surface area contributed by atoms with Crippen LogP contribution in [0.4, 0.5) is 0 Å². The van der Waals surface area contributed by atoms with E-state index in [-0.39, 0.29) is 5.97 Å². The number of aromatic amines is 1. The summed E-state index contributed by atoms with van der Waals surface area (Å²) in [7, 11) is 0. The van der Waals surface area contributed by atoms with E-state index in [0.29, 0.717) is 17.2 Å². The monoisotopic (exact) mass is 371 g/mol. The Kier molecular flexibility index (Phi) is 6.12. The summed E-state index contributed by atoms with van der Waals surface area (Å²) in [5.41, 5.74) is 0.856. The lowest BCUT2D eigenvalue weighted by atomic mass is 10.1. The fraction of sp³-hybridized carbons (Fsp3) is 0.438. The van der Waals surface area contributed by atoms with Crippen molar-refractivity contribution < 1.29 is 9.53 Å². The summed E-state index contributed by atoms with van der Waals surface area (Å²) in [6.45, 7) is 2.18. The van der Waals surface area contributed by atoms with Crippen molar-refractivity contribution in [1.29, 1.82) is 0 Å². The van der Waals surface area contributed by atoms with Crippen molar-refractivity contribution in [2.24, 2.45) is 0 Å². The number of halogens is 2. The number of fused-ring (bicyclic) bond motifs is 1. The van der Waals surface area contributed by atoms with Crippen LogP contribution in [0.25, 0.3) is 10.9 Å². The first-order valence-electron chi connectivity index (χ1n) is 7.28. The smallest absolute Gasteiger partial charge is 0.311 e. The Morgan fingerprint density at radius 2 is 2.05 bits per heavy atom. The molecular weight excluding hydrogens is 354 g/mol. The molecule has 5 heteroatoms. The zero-order chi connectivity index (χ0) is 15.2. The second-order valence-electron chi connectivity index (χ2n) is 5.10. The third-order valence-corrected chi connectivity index (χ3v) is 4.59. The largest absolute Gasteiger partial charge is 0.424 e. The zero-order valence-corrected chi connectivity index (χ0v) is 14.4. The van der Waals surface area contributed by atoms with E-state index < -0.39 is 0 Å². The molecule has 0 saturated heterocycles. The van der Waals surface area contributed by atoms with Gasteiger partial charge in [0, 0.05) is 22.5 Å². The second-order valence-corrected chi connectivity index (χ2v) is 6.36. The molecule has 0 radical (unpaired) electrons. The molecule has 3 nitrogen and oxygen atoms in total. The van der Waals surface area contributed by atoms with Gasteiger partial charge >= 0.3 is 5.97 Å². The first kappa shape index (κ1) is 16.4. The maximum atomic E-state index is 11.9. The summed E-state index contributed by atoms with van der Waals surface area (Å²) in [5.74, 6) is 0.374. The molecule has 1 aromatic heterocycles. The molecule has 2 rings (SSSR count). The van der Waals surface area contributed by atoms with E-state index in [1.54, 1.807) is 6.20 Å². The molecule has 114 valence electrons. The SMILES string of the molecule is CCCCCCCC(=O)Oc1c[nH]c2cc(Cl)c(Br)cc12. The van der Waals surface area contributed by atoms with Gasteiger partial charge in [-0.05, 0) is 34.5 Å². The first-order valence-corrected chi connectivity index (χ1v) is 8.45. The third-order valence-electron chi connectivity index (χ3n) is 3.39. The Morgan fingerprint density at radius 3 is 2.81 bits per heavy atom. The average Bonchev–Trinajstić information content (AvgIpc) is 2.81. The van der Waals surface area contributed by atoms with E-state index in [1.165, 1.54) is 19.3 Å². The van der Waals surface area contributed by atoms with E-state index in [1.807, 2.05) is 12.1 Å². The minimum atomic E-state index is -0.182. The van der Waals surface area contributed by atoms with Crippen molar-refractivity contribution in [3.05, 3.63) is 27.8 Å². The molecule has 1 aromatic carbocycles. The Balaban J connectivity index is 1.93. The molecule has 1 N–H and O–H groups in total. The van der Waals surface area contributed by atoms with Crippen LogP contribution < -0.4 is 4.74 Å². The normalized spacial score (nSPS) is 11.0. The first-order chi connectivity index (χ1) is 10.1. The number of carbonyl (C=O) groups is 1. The number of aromatic nitrogens is 1. The number of carbonyl (C=O) groups excluding carboxylic acids is 1. The average molecular weight is 373 g/mol. The van der Waals surface area contributed by atoms with E-state index in [4.69, 9.17) is 16.3 Å². The summed E-state index contributed by atoms with van der Waals surface area (Å²) in [4.78, 5) is 14.9. The number of hydrogen-bond acceptors (Lipinski definition) is 2. The molecule has 2 aromatic rings. The number of ether oxygens (including phenoxy) is 1. The number of hydrogen-bond donors (Lipinski definition) is 1. The van der Waals surface area contributed by atoms with Gasteiger partial charge in [0.1, 0.15) is 0 Å². The number of nitrogens with one attached hydrogen (secondary N) is 1. The lowest BCUT2D eigenvalue weighted by Crippen LogP contribution is -2.07. The minimum Gasteiger partial charge on any atom is -0.424 e. The Labute approximate surface area is 138 Å². The van der Waals surface area contributed by atoms with Crippen molar-refractivity contribution in [1.82, 2.24) is 4.98 Å². The Bertz CT molecular complexity index is 624. The fourth-order valence-electron chi connectivity index (χ4n) is 2.22. The van der Waals surface area contributed by atoms with Crippen molar-refractivity contribution in [2.45, 2.75) is 45.4 Å². The standard InChI is InChI=1S/C16H19BrClNO2/c1-2-3-4-5-6-7-16(20)21-15-10-19-14-9-13(18)12(17)8-11(14)15/h8-10,19H,2-7H2,1H3. The predicted octanol–water partition coefficient (Wildman–Crippen LogP) is 5.85. The third kappa shape index (κ3) is 4.48.